The molecule has 1 heterocycles. The Morgan fingerprint density at radius 1 is 1.22 bits per heavy atom. The normalized spacial score (nSPS) is 14.4. The zero-order valence-corrected chi connectivity index (χ0v) is 12.3. The lowest BCUT2D eigenvalue weighted by Crippen LogP contribution is -2.23. The van der Waals surface area contributed by atoms with Gasteiger partial charge < -0.3 is 5.32 Å². The second-order valence-electron chi connectivity index (χ2n) is 4.42. The van der Waals surface area contributed by atoms with Crippen LogP contribution in [0.2, 0.25) is 5.02 Å². The molecule has 0 aliphatic heterocycles. The summed E-state index contributed by atoms with van der Waals surface area (Å²) in [6, 6.07) is 13.1. The summed E-state index contributed by atoms with van der Waals surface area (Å²) < 4.78 is 0. The van der Waals surface area contributed by atoms with E-state index in [9.17, 15) is 0 Å². The van der Waals surface area contributed by atoms with Crippen molar-refractivity contribution in [1.82, 2.24) is 5.32 Å². The molecule has 0 amide bonds. The molecule has 1 aromatic heterocycles. The number of hydrogen-bond donors (Lipinski definition) is 1. The highest BCUT2D eigenvalue weighted by molar-refractivity contribution is 7.10. The van der Waals surface area contributed by atoms with Gasteiger partial charge in [0.2, 0.25) is 0 Å². The first-order valence-corrected chi connectivity index (χ1v) is 7.51. The largest absolute Gasteiger partial charge is 0.303 e. The quantitative estimate of drug-likeness (QED) is 0.793. The fraction of sp³-hybridized carbons (Fsp3) is 0.333. The number of halogens is 1. The minimum Gasteiger partial charge on any atom is -0.303 e. The Balaban J connectivity index is 2.07. The molecule has 1 aromatic carbocycles. The third-order valence-electron chi connectivity index (χ3n) is 3.10. The molecule has 2 rings (SSSR count). The summed E-state index contributed by atoms with van der Waals surface area (Å²) in [5, 5.41) is 6.59. The van der Waals surface area contributed by atoms with Crippen LogP contribution >= 0.6 is 22.9 Å². The van der Waals surface area contributed by atoms with Crippen molar-refractivity contribution < 1.29 is 0 Å². The van der Waals surface area contributed by atoms with Gasteiger partial charge in [-0.1, -0.05) is 36.7 Å². The van der Waals surface area contributed by atoms with Gasteiger partial charge in [0.25, 0.3) is 0 Å². The van der Waals surface area contributed by atoms with Gasteiger partial charge in [-0.3, -0.25) is 0 Å². The lowest BCUT2D eigenvalue weighted by atomic mass is 10.0. The predicted molar refractivity (Wildman–Crippen MR) is 80.4 cm³/mol. The van der Waals surface area contributed by atoms with Gasteiger partial charge in [-0.25, -0.2) is 0 Å². The maximum atomic E-state index is 5.93. The summed E-state index contributed by atoms with van der Waals surface area (Å²) in [6.45, 7) is 4.41. The fourth-order valence-corrected chi connectivity index (χ4v) is 2.94. The van der Waals surface area contributed by atoms with Crippen LogP contribution in [0.4, 0.5) is 0 Å². The maximum Gasteiger partial charge on any atom is 0.0406 e. The van der Waals surface area contributed by atoms with Crippen LogP contribution in [0.25, 0.3) is 0 Å². The van der Waals surface area contributed by atoms with Crippen molar-refractivity contribution in [2.75, 3.05) is 0 Å². The third-order valence-corrected chi connectivity index (χ3v) is 4.41. The van der Waals surface area contributed by atoms with Crippen LogP contribution < -0.4 is 5.32 Å². The van der Waals surface area contributed by atoms with Crippen LogP contribution in [0, 0.1) is 0 Å². The van der Waals surface area contributed by atoms with E-state index in [-0.39, 0.29) is 0 Å². The Labute approximate surface area is 118 Å². The average molecular weight is 280 g/mol. The predicted octanol–water partition coefficient (Wildman–Crippen LogP) is 5.20. The monoisotopic (exact) mass is 279 g/mol. The lowest BCUT2D eigenvalue weighted by molar-refractivity contribution is 0.460. The van der Waals surface area contributed by atoms with Crippen molar-refractivity contribution in [3.05, 3.63) is 57.2 Å². The van der Waals surface area contributed by atoms with E-state index in [1.807, 2.05) is 12.1 Å². The van der Waals surface area contributed by atoms with E-state index in [0.29, 0.717) is 12.1 Å². The Kier molecular flexibility index (Phi) is 4.81. The molecule has 0 aliphatic carbocycles. The SMILES string of the molecule is CCC(N[C@H](C)c1cccs1)c1ccc(Cl)cc1. The molecule has 0 bridgehead atoms. The topological polar surface area (TPSA) is 12.0 Å². The summed E-state index contributed by atoms with van der Waals surface area (Å²) in [7, 11) is 0. The lowest BCUT2D eigenvalue weighted by Gasteiger charge is -2.22. The smallest absolute Gasteiger partial charge is 0.0406 e. The third kappa shape index (κ3) is 3.35. The molecule has 3 heteroatoms. The fourth-order valence-electron chi connectivity index (χ4n) is 2.07. The standard InChI is InChI=1S/C15H18ClNS/c1-3-14(12-6-8-13(16)9-7-12)17-11(2)15-5-4-10-18-15/h4-11,14,17H,3H2,1-2H3/t11-,14?/m1/s1. The molecule has 2 aromatic rings. The van der Waals surface area contributed by atoms with E-state index in [1.54, 1.807) is 11.3 Å². The molecule has 96 valence electrons. The molecule has 0 saturated carbocycles. The molecule has 0 fully saturated rings. The summed E-state index contributed by atoms with van der Waals surface area (Å²) in [6.07, 6.45) is 1.07. The van der Waals surface area contributed by atoms with Gasteiger partial charge in [0, 0.05) is 22.0 Å². The second kappa shape index (κ2) is 6.37. The van der Waals surface area contributed by atoms with E-state index in [2.05, 4.69) is 48.8 Å². The van der Waals surface area contributed by atoms with Crippen molar-refractivity contribution in [2.45, 2.75) is 32.4 Å². The number of nitrogens with one attached hydrogen (secondary N) is 1. The van der Waals surface area contributed by atoms with Crippen LogP contribution in [-0.4, -0.2) is 0 Å². The van der Waals surface area contributed by atoms with E-state index in [0.717, 1.165) is 11.4 Å². The van der Waals surface area contributed by atoms with Crippen LogP contribution in [0.5, 0.6) is 0 Å². The minimum atomic E-state index is 0.374. The summed E-state index contributed by atoms with van der Waals surface area (Å²) in [5.41, 5.74) is 1.30. The molecule has 0 saturated heterocycles. The molecule has 18 heavy (non-hydrogen) atoms. The minimum absolute atomic E-state index is 0.374. The molecule has 0 radical (unpaired) electrons. The molecule has 2 atom stereocenters. The van der Waals surface area contributed by atoms with Crippen molar-refractivity contribution in [2.24, 2.45) is 0 Å². The zero-order valence-electron chi connectivity index (χ0n) is 10.7. The first-order valence-electron chi connectivity index (χ1n) is 6.25. The van der Waals surface area contributed by atoms with Crippen LogP contribution in [-0.2, 0) is 0 Å². The van der Waals surface area contributed by atoms with Crippen LogP contribution in [0.1, 0.15) is 42.8 Å². The van der Waals surface area contributed by atoms with E-state index in [1.165, 1.54) is 10.4 Å². The van der Waals surface area contributed by atoms with Gasteiger partial charge >= 0.3 is 0 Å². The molecular weight excluding hydrogens is 262 g/mol. The second-order valence-corrected chi connectivity index (χ2v) is 5.83. The maximum absolute atomic E-state index is 5.93. The highest BCUT2D eigenvalue weighted by Gasteiger charge is 2.14. The molecule has 1 unspecified atom stereocenters. The van der Waals surface area contributed by atoms with E-state index in [4.69, 9.17) is 11.6 Å². The first kappa shape index (κ1) is 13.6. The zero-order chi connectivity index (χ0) is 13.0. The average Bonchev–Trinajstić information content (AvgIpc) is 2.91. The summed E-state index contributed by atoms with van der Waals surface area (Å²) >= 11 is 7.73. The Morgan fingerprint density at radius 2 is 1.94 bits per heavy atom. The van der Waals surface area contributed by atoms with Crippen molar-refractivity contribution >= 4 is 22.9 Å². The number of hydrogen-bond acceptors (Lipinski definition) is 2. The van der Waals surface area contributed by atoms with Gasteiger partial charge in [0.1, 0.15) is 0 Å². The number of benzene rings is 1. The van der Waals surface area contributed by atoms with Gasteiger partial charge in [-0.2, -0.15) is 0 Å². The number of thiophene rings is 1. The van der Waals surface area contributed by atoms with Crippen molar-refractivity contribution in [3.8, 4) is 0 Å². The summed E-state index contributed by atoms with van der Waals surface area (Å²) in [4.78, 5) is 1.38. The van der Waals surface area contributed by atoms with Gasteiger partial charge in [-0.15, -0.1) is 11.3 Å². The van der Waals surface area contributed by atoms with Crippen LogP contribution in [0.15, 0.2) is 41.8 Å². The Morgan fingerprint density at radius 3 is 2.50 bits per heavy atom. The molecule has 1 N–H and O–H groups in total. The van der Waals surface area contributed by atoms with Crippen molar-refractivity contribution in [3.63, 3.8) is 0 Å². The highest BCUT2D eigenvalue weighted by Crippen LogP contribution is 2.25. The number of rotatable bonds is 5. The molecule has 0 spiro atoms. The summed E-state index contributed by atoms with van der Waals surface area (Å²) in [5.74, 6) is 0. The molecule has 0 aliphatic rings. The first-order chi connectivity index (χ1) is 8.70. The van der Waals surface area contributed by atoms with Crippen LogP contribution in [0.3, 0.4) is 0 Å². The van der Waals surface area contributed by atoms with E-state index < -0.39 is 0 Å². The Hall–Kier alpha value is -0.830. The van der Waals surface area contributed by atoms with Gasteiger partial charge in [0.05, 0.1) is 0 Å². The van der Waals surface area contributed by atoms with Gasteiger partial charge in [-0.05, 0) is 42.5 Å². The van der Waals surface area contributed by atoms with E-state index >= 15 is 0 Å². The highest BCUT2D eigenvalue weighted by atomic mass is 35.5. The molecular formula is C15H18ClNS. The Bertz CT molecular complexity index is 464. The molecule has 1 nitrogen and oxygen atoms in total. The van der Waals surface area contributed by atoms with Gasteiger partial charge in [0.15, 0.2) is 0 Å². The van der Waals surface area contributed by atoms with Crippen molar-refractivity contribution in [1.29, 1.82) is 0 Å².